The van der Waals surface area contributed by atoms with Gasteiger partial charge in [-0.15, -0.1) is 10.2 Å². The summed E-state index contributed by atoms with van der Waals surface area (Å²) in [6.07, 6.45) is -1.17. The summed E-state index contributed by atoms with van der Waals surface area (Å²) in [6.45, 7) is 0. The van der Waals surface area contributed by atoms with E-state index in [1.54, 1.807) is 0 Å². The quantitative estimate of drug-likeness (QED) is 0.727. The average molecular weight is 354 g/mol. The first-order valence-electron chi connectivity index (χ1n) is 7.19. The van der Waals surface area contributed by atoms with E-state index in [1.807, 2.05) is 30.5 Å². The van der Waals surface area contributed by atoms with Crippen LogP contribution in [-0.2, 0) is 17.4 Å². The Bertz CT molecular complexity index is 856. The SMILES string of the molecule is O=C(CCCc1c[nH]c2ccccc12)Nc1nnc(C(F)(F)F)s1. The lowest BCUT2D eigenvalue weighted by Gasteiger charge is -2.01. The molecule has 0 fully saturated rings. The number of H-pyrrole nitrogens is 1. The molecule has 0 bridgehead atoms. The summed E-state index contributed by atoms with van der Waals surface area (Å²) in [7, 11) is 0. The van der Waals surface area contributed by atoms with Gasteiger partial charge in [0, 0.05) is 23.5 Å². The van der Waals surface area contributed by atoms with E-state index in [1.165, 1.54) is 0 Å². The summed E-state index contributed by atoms with van der Waals surface area (Å²) in [5, 5.41) is 8.60. The summed E-state index contributed by atoms with van der Waals surface area (Å²) >= 11 is 0.317. The van der Waals surface area contributed by atoms with E-state index >= 15 is 0 Å². The molecule has 0 radical (unpaired) electrons. The van der Waals surface area contributed by atoms with Crippen LogP contribution in [0.25, 0.3) is 10.9 Å². The van der Waals surface area contributed by atoms with Crippen molar-refractivity contribution in [1.82, 2.24) is 15.2 Å². The van der Waals surface area contributed by atoms with Crippen molar-refractivity contribution in [2.75, 3.05) is 5.32 Å². The Kier molecular flexibility index (Phi) is 4.52. The van der Waals surface area contributed by atoms with Crippen molar-refractivity contribution in [2.24, 2.45) is 0 Å². The van der Waals surface area contributed by atoms with E-state index in [4.69, 9.17) is 0 Å². The fourth-order valence-electron chi connectivity index (χ4n) is 2.35. The van der Waals surface area contributed by atoms with Crippen molar-refractivity contribution in [3.8, 4) is 0 Å². The molecule has 126 valence electrons. The molecular formula is C15H13F3N4OS. The van der Waals surface area contributed by atoms with Crippen molar-refractivity contribution in [1.29, 1.82) is 0 Å². The molecule has 24 heavy (non-hydrogen) atoms. The highest BCUT2D eigenvalue weighted by atomic mass is 32.1. The zero-order chi connectivity index (χ0) is 17.2. The summed E-state index contributed by atoms with van der Waals surface area (Å²) < 4.78 is 37.3. The molecule has 9 heteroatoms. The molecule has 5 nitrogen and oxygen atoms in total. The van der Waals surface area contributed by atoms with Gasteiger partial charge in [-0.1, -0.05) is 29.5 Å². The largest absolute Gasteiger partial charge is 0.445 e. The maximum absolute atomic E-state index is 12.4. The molecule has 3 rings (SSSR count). The van der Waals surface area contributed by atoms with Crippen LogP contribution in [0.2, 0.25) is 0 Å². The normalized spacial score (nSPS) is 11.8. The zero-order valence-corrected chi connectivity index (χ0v) is 13.2. The van der Waals surface area contributed by atoms with Crippen LogP contribution in [0.3, 0.4) is 0 Å². The highest BCUT2D eigenvalue weighted by molar-refractivity contribution is 7.15. The Morgan fingerprint density at radius 2 is 2.04 bits per heavy atom. The fraction of sp³-hybridized carbons (Fsp3) is 0.267. The summed E-state index contributed by atoms with van der Waals surface area (Å²) in [5.74, 6) is -0.375. The number of amides is 1. The number of benzene rings is 1. The lowest BCUT2D eigenvalue weighted by Crippen LogP contribution is -2.11. The molecule has 2 N–H and O–H groups in total. The Balaban J connectivity index is 1.52. The number of carbonyl (C=O) groups excluding carboxylic acids is 1. The number of nitrogens with one attached hydrogen (secondary N) is 2. The number of hydrogen-bond acceptors (Lipinski definition) is 4. The summed E-state index contributed by atoms with van der Waals surface area (Å²) in [5.41, 5.74) is 2.14. The predicted octanol–water partition coefficient (Wildman–Crippen LogP) is 4.00. The number of para-hydroxylation sites is 1. The minimum atomic E-state index is -4.55. The van der Waals surface area contributed by atoms with Crippen LogP contribution in [0.1, 0.15) is 23.4 Å². The first-order chi connectivity index (χ1) is 11.4. The number of aromatic amines is 1. The average Bonchev–Trinajstić information content (AvgIpc) is 3.14. The number of aryl methyl sites for hydroxylation is 1. The van der Waals surface area contributed by atoms with Gasteiger partial charge in [0.1, 0.15) is 0 Å². The standard InChI is InChI=1S/C15H13F3N4OS/c16-15(17,18)13-21-22-14(24-13)20-12(23)7-3-4-9-8-19-11-6-2-1-5-10(9)11/h1-2,5-6,8,19H,3-4,7H2,(H,20,22,23). The Hall–Kier alpha value is -2.42. The van der Waals surface area contributed by atoms with Gasteiger partial charge in [-0.05, 0) is 24.5 Å². The summed E-state index contributed by atoms with van der Waals surface area (Å²) in [4.78, 5) is 15.0. The van der Waals surface area contributed by atoms with Gasteiger partial charge in [0.25, 0.3) is 0 Å². The Labute approximate surface area is 138 Å². The molecule has 0 aliphatic heterocycles. The number of aromatic nitrogens is 3. The number of halogens is 3. The van der Waals surface area contributed by atoms with E-state index in [9.17, 15) is 18.0 Å². The second-order valence-corrected chi connectivity index (χ2v) is 6.15. The third kappa shape index (κ3) is 3.73. The number of hydrogen-bond donors (Lipinski definition) is 2. The molecule has 0 aliphatic carbocycles. The zero-order valence-electron chi connectivity index (χ0n) is 12.4. The minimum Gasteiger partial charge on any atom is -0.361 e. The molecular weight excluding hydrogens is 341 g/mol. The van der Waals surface area contributed by atoms with Gasteiger partial charge in [0.05, 0.1) is 0 Å². The number of fused-ring (bicyclic) bond motifs is 1. The Morgan fingerprint density at radius 1 is 1.25 bits per heavy atom. The molecule has 1 amide bonds. The first-order valence-corrected chi connectivity index (χ1v) is 8.00. The second-order valence-electron chi connectivity index (χ2n) is 5.17. The number of rotatable bonds is 5. The van der Waals surface area contributed by atoms with Gasteiger partial charge < -0.3 is 10.3 Å². The number of alkyl halides is 3. The maximum atomic E-state index is 12.4. The van der Waals surface area contributed by atoms with Crippen molar-refractivity contribution in [3.05, 3.63) is 41.0 Å². The van der Waals surface area contributed by atoms with Crippen LogP contribution >= 0.6 is 11.3 Å². The van der Waals surface area contributed by atoms with E-state index in [-0.39, 0.29) is 17.5 Å². The number of carbonyl (C=O) groups is 1. The van der Waals surface area contributed by atoms with Crippen molar-refractivity contribution >= 4 is 33.3 Å². The van der Waals surface area contributed by atoms with Gasteiger partial charge in [0.15, 0.2) is 0 Å². The fourth-order valence-corrected chi connectivity index (χ4v) is 2.97. The van der Waals surface area contributed by atoms with E-state index in [0.717, 1.165) is 16.5 Å². The molecule has 1 aromatic carbocycles. The lowest BCUT2D eigenvalue weighted by atomic mass is 10.1. The van der Waals surface area contributed by atoms with E-state index < -0.39 is 11.2 Å². The van der Waals surface area contributed by atoms with E-state index in [2.05, 4.69) is 20.5 Å². The van der Waals surface area contributed by atoms with Crippen LogP contribution in [0.5, 0.6) is 0 Å². The monoisotopic (exact) mass is 354 g/mol. The third-order valence-corrected chi connectivity index (χ3v) is 4.32. The molecule has 2 aromatic heterocycles. The molecule has 3 aromatic rings. The van der Waals surface area contributed by atoms with Gasteiger partial charge in [0.2, 0.25) is 16.0 Å². The topological polar surface area (TPSA) is 70.7 Å². The minimum absolute atomic E-state index is 0.139. The molecule has 2 heterocycles. The van der Waals surface area contributed by atoms with Crippen LogP contribution in [0.4, 0.5) is 18.3 Å². The molecule has 0 saturated heterocycles. The van der Waals surface area contributed by atoms with Crippen LogP contribution in [-0.4, -0.2) is 21.1 Å². The molecule has 0 unspecified atom stereocenters. The van der Waals surface area contributed by atoms with Gasteiger partial charge in [-0.25, -0.2) is 0 Å². The molecule has 0 aliphatic rings. The van der Waals surface area contributed by atoms with Gasteiger partial charge in [-0.2, -0.15) is 13.2 Å². The lowest BCUT2D eigenvalue weighted by molar-refractivity contribution is -0.138. The highest BCUT2D eigenvalue weighted by Gasteiger charge is 2.35. The van der Waals surface area contributed by atoms with Crippen LogP contribution < -0.4 is 5.32 Å². The molecule has 0 atom stereocenters. The molecule has 0 saturated carbocycles. The smallest absolute Gasteiger partial charge is 0.361 e. The maximum Gasteiger partial charge on any atom is 0.445 e. The Morgan fingerprint density at radius 3 is 2.79 bits per heavy atom. The van der Waals surface area contributed by atoms with Crippen molar-refractivity contribution in [3.63, 3.8) is 0 Å². The van der Waals surface area contributed by atoms with Gasteiger partial charge in [-0.3, -0.25) is 4.79 Å². The highest BCUT2D eigenvalue weighted by Crippen LogP contribution is 2.33. The molecule has 0 spiro atoms. The predicted molar refractivity (Wildman–Crippen MR) is 84.8 cm³/mol. The van der Waals surface area contributed by atoms with Gasteiger partial charge >= 0.3 is 6.18 Å². The second kappa shape index (κ2) is 6.60. The summed E-state index contributed by atoms with van der Waals surface area (Å²) in [6, 6.07) is 7.85. The van der Waals surface area contributed by atoms with Crippen LogP contribution in [0.15, 0.2) is 30.5 Å². The number of nitrogens with zero attached hydrogens (tertiary/aromatic N) is 2. The first kappa shape index (κ1) is 16.4. The van der Waals surface area contributed by atoms with Crippen molar-refractivity contribution in [2.45, 2.75) is 25.4 Å². The third-order valence-electron chi connectivity index (χ3n) is 3.44. The van der Waals surface area contributed by atoms with E-state index in [0.29, 0.717) is 24.2 Å². The number of anilines is 1. The van der Waals surface area contributed by atoms with Crippen molar-refractivity contribution < 1.29 is 18.0 Å². The van der Waals surface area contributed by atoms with Crippen LogP contribution in [0, 0.1) is 0 Å².